The van der Waals surface area contributed by atoms with Crippen molar-refractivity contribution in [1.82, 2.24) is 0 Å². The highest BCUT2D eigenvalue weighted by molar-refractivity contribution is 6.91. The summed E-state index contributed by atoms with van der Waals surface area (Å²) in [5, 5.41) is 0. The molecule has 0 aromatic rings. The first-order valence-corrected chi connectivity index (χ1v) is 19.0. The van der Waals surface area contributed by atoms with Crippen molar-refractivity contribution in [1.29, 1.82) is 0 Å². The van der Waals surface area contributed by atoms with E-state index in [1.165, 1.54) is 0 Å². The van der Waals surface area contributed by atoms with Gasteiger partial charge >= 0.3 is 8.56 Å². The van der Waals surface area contributed by atoms with Crippen molar-refractivity contribution < 1.29 is 8.23 Å². The van der Waals surface area contributed by atoms with Crippen LogP contribution in [0.1, 0.15) is 0 Å². The molecule has 0 aromatic carbocycles. The van der Waals surface area contributed by atoms with Crippen LogP contribution in [0.3, 0.4) is 0 Å². The third-order valence-corrected chi connectivity index (χ3v) is 11.1. The molecule has 5 heteroatoms. The summed E-state index contributed by atoms with van der Waals surface area (Å²) in [6.45, 7) is 14.7. The molecule has 0 radical (unpaired) electrons. The van der Waals surface area contributed by atoms with Gasteiger partial charge in [0.05, 0.1) is 0 Å². The van der Waals surface area contributed by atoms with E-state index in [2.05, 4.69) is 163 Å². The Morgan fingerprint density at radius 2 is 0.618 bits per heavy atom. The molecule has 0 N–H and O–H groups in total. The lowest BCUT2D eigenvalue weighted by atomic mass is 10.4. The number of hydrogen-bond donors (Lipinski definition) is 0. The van der Waals surface area contributed by atoms with Gasteiger partial charge in [-0.05, 0) is 141 Å². The third-order valence-electron chi connectivity index (χ3n) is 2.49. The van der Waals surface area contributed by atoms with Crippen LogP contribution in [0.25, 0.3) is 0 Å². The van der Waals surface area contributed by atoms with Crippen LogP contribution >= 0.6 is 0 Å². The molecule has 0 bridgehead atoms. The van der Waals surface area contributed by atoms with Gasteiger partial charge in [0.1, 0.15) is 0 Å². The van der Waals surface area contributed by atoms with Gasteiger partial charge in [-0.25, -0.2) is 0 Å². The van der Waals surface area contributed by atoms with Gasteiger partial charge in [-0.2, -0.15) is 0 Å². The van der Waals surface area contributed by atoms with Crippen LogP contribution < -0.4 is 0 Å². The van der Waals surface area contributed by atoms with Gasteiger partial charge in [0.15, 0.2) is 16.6 Å². The van der Waals surface area contributed by atoms with Gasteiger partial charge in [0, 0.05) is 23.7 Å². The highest BCUT2D eigenvalue weighted by Gasteiger charge is 2.39. The molecule has 0 spiro atoms. The van der Waals surface area contributed by atoms with Gasteiger partial charge in [0.2, 0.25) is 0 Å². The molecule has 0 rings (SSSR count). The Labute approximate surface area is 209 Å². The molecule has 0 heterocycles. The van der Waals surface area contributed by atoms with Crippen LogP contribution in [-0.2, 0) is 8.23 Å². The summed E-state index contributed by atoms with van der Waals surface area (Å²) in [5.74, 6) is 50.5. The number of rotatable bonds is 4. The highest BCUT2D eigenvalue weighted by atomic mass is 28.5. The monoisotopic (exact) mass is 486 g/mol. The highest BCUT2D eigenvalue weighted by Crippen LogP contribution is 2.19. The van der Waals surface area contributed by atoms with Crippen molar-refractivity contribution in [3.8, 4) is 130 Å². The van der Waals surface area contributed by atoms with Crippen molar-refractivity contribution in [3.63, 3.8) is 0 Å². The van der Waals surface area contributed by atoms with E-state index >= 15 is 0 Å². The summed E-state index contributed by atoms with van der Waals surface area (Å²) < 4.78 is 12.6. The van der Waals surface area contributed by atoms with Gasteiger partial charge in [0.25, 0.3) is 0 Å². The lowest BCUT2D eigenvalue weighted by molar-refractivity contribution is 0.406. The molecule has 0 saturated carbocycles. The van der Waals surface area contributed by atoms with E-state index in [4.69, 9.17) is 14.7 Å². The summed E-state index contributed by atoms with van der Waals surface area (Å²) in [7, 11) is -6.21. The zero-order valence-electron chi connectivity index (χ0n) is 20.4. The summed E-state index contributed by atoms with van der Waals surface area (Å²) in [6, 6.07) is 0. The maximum Gasteiger partial charge on any atom is 0.401 e. The van der Waals surface area contributed by atoms with Crippen molar-refractivity contribution >= 4 is 25.2 Å². The smallest absolute Gasteiger partial charge is 0.401 e. The van der Waals surface area contributed by atoms with Crippen molar-refractivity contribution in [2.45, 2.75) is 45.8 Å². The lowest BCUT2D eigenvalue weighted by Crippen LogP contribution is -2.52. The van der Waals surface area contributed by atoms with Crippen molar-refractivity contribution in [3.05, 3.63) is 0 Å². The number of terminal acetylenes is 1. The minimum Gasteiger partial charge on any atom is -0.428 e. The van der Waals surface area contributed by atoms with Crippen molar-refractivity contribution in [2.75, 3.05) is 0 Å². The van der Waals surface area contributed by atoms with Crippen LogP contribution in [0, 0.1) is 130 Å². The average Bonchev–Trinajstić information content (AvgIpc) is 2.69. The molecule has 162 valence electrons. The van der Waals surface area contributed by atoms with Gasteiger partial charge in [-0.1, -0.05) is 5.54 Å². The van der Waals surface area contributed by atoms with Crippen LogP contribution in [0.15, 0.2) is 0 Å². The fourth-order valence-corrected chi connectivity index (χ4v) is 12.5. The average molecular weight is 487 g/mol. The summed E-state index contributed by atoms with van der Waals surface area (Å²) in [6.07, 6.45) is 4.94. The quantitative estimate of drug-likeness (QED) is 0.449. The Kier molecular flexibility index (Phi) is 14.3. The van der Waals surface area contributed by atoms with E-state index in [9.17, 15) is 0 Å². The Bertz CT molecular complexity index is 1430. The van der Waals surface area contributed by atoms with E-state index < -0.39 is 25.2 Å². The van der Waals surface area contributed by atoms with Crippen LogP contribution in [-0.4, -0.2) is 25.2 Å². The summed E-state index contributed by atoms with van der Waals surface area (Å²) in [4.78, 5) is 0. The largest absolute Gasteiger partial charge is 0.428 e. The summed E-state index contributed by atoms with van der Waals surface area (Å²) >= 11 is 0. The van der Waals surface area contributed by atoms with Gasteiger partial charge in [-0.15, -0.1) is 6.42 Å². The van der Waals surface area contributed by atoms with Crippen LogP contribution in [0.5, 0.6) is 0 Å². The van der Waals surface area contributed by atoms with E-state index in [0.29, 0.717) is 0 Å². The Morgan fingerprint density at radius 1 is 0.382 bits per heavy atom. The minimum absolute atomic E-state index is 1.80. The fourth-order valence-electron chi connectivity index (χ4n) is 1.95. The minimum atomic E-state index is -2.61. The summed E-state index contributed by atoms with van der Waals surface area (Å²) in [5.41, 5.74) is 3.13. The Hall–Kier alpha value is -4.27. The van der Waals surface area contributed by atoms with E-state index in [1.807, 2.05) is 6.55 Å². The van der Waals surface area contributed by atoms with Crippen LogP contribution in [0.4, 0.5) is 0 Å². The van der Waals surface area contributed by atoms with E-state index in [0.717, 1.165) is 0 Å². The first kappa shape index (κ1) is 29.7. The molecule has 0 aliphatic carbocycles. The van der Waals surface area contributed by atoms with E-state index in [-0.39, 0.29) is 0 Å². The number of hydrogen-bond acceptors (Lipinski definition) is 2. The van der Waals surface area contributed by atoms with Gasteiger partial charge < -0.3 is 8.23 Å². The molecule has 0 aromatic heterocycles. The Morgan fingerprint density at radius 3 is 0.853 bits per heavy atom. The molecule has 34 heavy (non-hydrogen) atoms. The normalized spacial score (nSPS) is 8.06. The zero-order chi connectivity index (χ0) is 25.8. The van der Waals surface area contributed by atoms with Crippen molar-refractivity contribution in [2.24, 2.45) is 0 Å². The predicted octanol–water partition coefficient (Wildman–Crippen LogP) is 2.97. The topological polar surface area (TPSA) is 18.5 Å². The molecule has 0 unspecified atom stereocenters. The fraction of sp³-hybridized carbons (Fsp3) is 0.241. The first-order valence-electron chi connectivity index (χ1n) is 9.86. The van der Waals surface area contributed by atoms with Crippen LogP contribution in [0.2, 0.25) is 45.8 Å². The molecule has 0 aliphatic heterocycles. The maximum atomic E-state index is 6.28. The lowest BCUT2D eigenvalue weighted by Gasteiger charge is -2.34. The molecule has 0 fully saturated rings. The molecule has 0 atom stereocenters. The second-order valence-corrected chi connectivity index (χ2v) is 20.2. The standard InChI is InChI=1S/C29H22O2Si3/c1-9-10-11-12-13-14-15-16-17-18-19-20-21-22-23-24-25-26-27-28-29-34(8,30-32(2,3)4)31-33(5,6)7/h1H,2-8H3. The third kappa shape index (κ3) is 21.0. The molecule has 0 aliphatic rings. The predicted molar refractivity (Wildman–Crippen MR) is 147 cm³/mol. The second-order valence-electron chi connectivity index (χ2n) is 8.02. The maximum absolute atomic E-state index is 6.28. The van der Waals surface area contributed by atoms with E-state index in [1.54, 1.807) is 0 Å². The Balaban J connectivity index is 4.93. The first-order chi connectivity index (χ1) is 16.0. The zero-order valence-corrected chi connectivity index (χ0v) is 23.4. The molecule has 2 nitrogen and oxygen atoms in total. The molecular formula is C29H22O2Si3. The SMILES string of the molecule is C#CC#CC#CC#CC#CC#CC#CC#CC#CC#CC#C[Si](C)(O[Si](C)(C)C)O[Si](C)(C)C. The molecule has 0 saturated heterocycles. The molecular weight excluding hydrogens is 465 g/mol. The van der Waals surface area contributed by atoms with Gasteiger partial charge in [-0.3, -0.25) is 0 Å². The second kappa shape index (κ2) is 16.4. The molecule has 0 amide bonds.